The van der Waals surface area contributed by atoms with Gasteiger partial charge in [-0.25, -0.2) is 10.2 Å². The lowest BCUT2D eigenvalue weighted by molar-refractivity contribution is 0.627. The highest BCUT2D eigenvalue weighted by Gasteiger charge is 2.00. The van der Waals surface area contributed by atoms with Gasteiger partial charge in [-0.1, -0.05) is 24.0 Å². The van der Waals surface area contributed by atoms with Gasteiger partial charge in [0.1, 0.15) is 5.82 Å². The summed E-state index contributed by atoms with van der Waals surface area (Å²) in [5, 5.41) is 1.52. The van der Waals surface area contributed by atoms with Gasteiger partial charge in [-0.2, -0.15) is 0 Å². The van der Waals surface area contributed by atoms with E-state index in [1.165, 1.54) is 17.1 Å². The van der Waals surface area contributed by atoms with Crippen molar-refractivity contribution in [1.82, 2.24) is 0 Å². The van der Waals surface area contributed by atoms with Gasteiger partial charge in [0.25, 0.3) is 0 Å². The molecule has 2 aromatic carbocycles. The Kier molecular flexibility index (Phi) is 3.61. The van der Waals surface area contributed by atoms with Crippen LogP contribution in [0.1, 0.15) is 11.1 Å². The molecule has 90 valence electrons. The number of para-hydroxylation sites is 1. The molecule has 2 N–H and O–H groups in total. The van der Waals surface area contributed by atoms with Gasteiger partial charge in [0.15, 0.2) is 0 Å². The molecule has 0 bridgehead atoms. The lowest BCUT2D eigenvalue weighted by Crippen LogP contribution is -2.25. The zero-order valence-electron chi connectivity index (χ0n) is 10.0. The van der Waals surface area contributed by atoms with E-state index in [1.807, 2.05) is 24.3 Å². The van der Waals surface area contributed by atoms with Crippen molar-refractivity contribution in [2.45, 2.75) is 0 Å². The lowest BCUT2D eigenvalue weighted by Gasteiger charge is -2.13. The fourth-order valence-corrected chi connectivity index (χ4v) is 1.56. The van der Waals surface area contributed by atoms with Crippen LogP contribution < -0.4 is 10.9 Å². The van der Waals surface area contributed by atoms with Crippen molar-refractivity contribution in [1.29, 1.82) is 0 Å². The summed E-state index contributed by atoms with van der Waals surface area (Å²) < 4.78 is 12.7. The summed E-state index contributed by atoms with van der Waals surface area (Å²) in [6.45, 7) is 0. The number of hydrogen-bond acceptors (Lipinski definition) is 2. The van der Waals surface area contributed by atoms with Crippen LogP contribution in [0.3, 0.4) is 0 Å². The Labute approximate surface area is 106 Å². The standard InChI is InChI=1S/C15H13FN2/c1-18(17)15-5-3-2-4-13(15)9-6-12-7-10-14(16)11-8-12/h2-5,7-8,10-11H,17H2,1H3. The summed E-state index contributed by atoms with van der Waals surface area (Å²) in [5.41, 5.74) is 2.46. The minimum Gasteiger partial charge on any atom is -0.313 e. The van der Waals surface area contributed by atoms with E-state index in [1.54, 1.807) is 19.2 Å². The second-order valence-corrected chi connectivity index (χ2v) is 3.88. The Balaban J connectivity index is 2.32. The van der Waals surface area contributed by atoms with Crippen molar-refractivity contribution in [3.05, 3.63) is 65.5 Å². The molecule has 2 nitrogen and oxygen atoms in total. The van der Waals surface area contributed by atoms with Gasteiger partial charge in [0.05, 0.1) is 5.69 Å². The van der Waals surface area contributed by atoms with Gasteiger partial charge in [-0.15, -0.1) is 0 Å². The average Bonchev–Trinajstić information content (AvgIpc) is 2.38. The molecule has 0 amide bonds. The quantitative estimate of drug-likeness (QED) is 0.471. The molecule has 0 radical (unpaired) electrons. The first-order valence-electron chi connectivity index (χ1n) is 5.52. The van der Waals surface area contributed by atoms with Crippen molar-refractivity contribution in [2.75, 3.05) is 12.1 Å². The predicted octanol–water partition coefficient (Wildman–Crippen LogP) is 2.54. The molecule has 0 unspecified atom stereocenters. The van der Waals surface area contributed by atoms with E-state index in [-0.39, 0.29) is 5.82 Å². The Hall–Kier alpha value is -2.31. The molecule has 2 rings (SSSR count). The molecule has 0 saturated carbocycles. The molecule has 0 aliphatic carbocycles. The number of hydrogen-bond donors (Lipinski definition) is 1. The van der Waals surface area contributed by atoms with Gasteiger partial charge in [0.2, 0.25) is 0 Å². The first-order chi connectivity index (χ1) is 8.66. The Morgan fingerprint density at radius 1 is 1.00 bits per heavy atom. The van der Waals surface area contributed by atoms with Crippen LogP contribution in [0, 0.1) is 17.7 Å². The lowest BCUT2D eigenvalue weighted by atomic mass is 10.1. The normalized spacial score (nSPS) is 9.50. The van der Waals surface area contributed by atoms with Crippen molar-refractivity contribution in [3.63, 3.8) is 0 Å². The molecule has 0 aliphatic rings. The molecule has 2 aromatic rings. The largest absolute Gasteiger partial charge is 0.313 e. The highest BCUT2D eigenvalue weighted by Crippen LogP contribution is 2.15. The summed E-state index contributed by atoms with van der Waals surface area (Å²) in [4.78, 5) is 0. The SMILES string of the molecule is CN(N)c1ccccc1C#Cc1ccc(F)cc1. The zero-order chi connectivity index (χ0) is 13.0. The minimum atomic E-state index is -0.261. The first-order valence-corrected chi connectivity index (χ1v) is 5.52. The number of hydrazine groups is 1. The second-order valence-electron chi connectivity index (χ2n) is 3.88. The van der Waals surface area contributed by atoms with Crippen molar-refractivity contribution in [3.8, 4) is 11.8 Å². The molecule has 18 heavy (non-hydrogen) atoms. The molecule has 0 saturated heterocycles. The fourth-order valence-electron chi connectivity index (χ4n) is 1.56. The van der Waals surface area contributed by atoms with Crippen molar-refractivity contribution >= 4 is 5.69 Å². The van der Waals surface area contributed by atoms with E-state index in [4.69, 9.17) is 5.84 Å². The maximum absolute atomic E-state index is 12.7. The molecule has 0 fully saturated rings. The summed E-state index contributed by atoms with van der Waals surface area (Å²) in [7, 11) is 1.76. The number of benzene rings is 2. The van der Waals surface area contributed by atoms with Crippen molar-refractivity contribution < 1.29 is 4.39 Å². The molecule has 0 aliphatic heterocycles. The number of nitrogens with zero attached hydrogens (tertiary/aromatic N) is 1. The third kappa shape index (κ3) is 2.88. The van der Waals surface area contributed by atoms with Crippen molar-refractivity contribution in [2.24, 2.45) is 5.84 Å². The monoisotopic (exact) mass is 240 g/mol. The van der Waals surface area contributed by atoms with Crippen LogP contribution in [-0.4, -0.2) is 7.05 Å². The Morgan fingerprint density at radius 2 is 1.67 bits per heavy atom. The van der Waals surface area contributed by atoms with Crippen LogP contribution >= 0.6 is 0 Å². The average molecular weight is 240 g/mol. The maximum Gasteiger partial charge on any atom is 0.123 e. The summed E-state index contributed by atoms with van der Waals surface area (Å²) in [6.07, 6.45) is 0. The summed E-state index contributed by atoms with van der Waals surface area (Å²) in [5.74, 6) is 11.5. The highest BCUT2D eigenvalue weighted by molar-refractivity contribution is 5.60. The smallest absolute Gasteiger partial charge is 0.123 e. The van der Waals surface area contributed by atoms with Crippen LogP contribution in [0.4, 0.5) is 10.1 Å². The Bertz CT molecular complexity index is 592. The van der Waals surface area contributed by atoms with E-state index in [0.717, 1.165) is 16.8 Å². The highest BCUT2D eigenvalue weighted by atomic mass is 19.1. The maximum atomic E-state index is 12.7. The number of halogens is 1. The second kappa shape index (κ2) is 5.35. The molecule has 0 aromatic heterocycles. The van der Waals surface area contributed by atoms with E-state index in [2.05, 4.69) is 11.8 Å². The number of rotatable bonds is 1. The Morgan fingerprint density at radius 3 is 2.33 bits per heavy atom. The zero-order valence-corrected chi connectivity index (χ0v) is 10.0. The fraction of sp³-hybridized carbons (Fsp3) is 0.0667. The number of anilines is 1. The van der Waals surface area contributed by atoms with Crippen LogP contribution in [0.2, 0.25) is 0 Å². The van der Waals surface area contributed by atoms with Gasteiger partial charge in [-0.3, -0.25) is 0 Å². The third-order valence-electron chi connectivity index (χ3n) is 2.47. The number of nitrogens with two attached hydrogens (primary N) is 1. The molecular formula is C15H13FN2. The molecule has 0 spiro atoms. The molecule has 0 heterocycles. The van der Waals surface area contributed by atoms with Crippen LogP contribution in [0.5, 0.6) is 0 Å². The molecular weight excluding hydrogens is 227 g/mol. The van der Waals surface area contributed by atoms with Gasteiger partial charge in [-0.05, 0) is 36.4 Å². The van der Waals surface area contributed by atoms with Gasteiger partial charge >= 0.3 is 0 Å². The topological polar surface area (TPSA) is 29.3 Å². The van der Waals surface area contributed by atoms with E-state index < -0.39 is 0 Å². The first kappa shape index (κ1) is 12.2. The molecule has 0 atom stereocenters. The predicted molar refractivity (Wildman–Crippen MR) is 71.4 cm³/mol. The van der Waals surface area contributed by atoms with Crippen LogP contribution in [0.15, 0.2) is 48.5 Å². The minimum absolute atomic E-state index is 0.261. The van der Waals surface area contributed by atoms with E-state index in [0.29, 0.717) is 0 Å². The van der Waals surface area contributed by atoms with Gasteiger partial charge < -0.3 is 5.01 Å². The van der Waals surface area contributed by atoms with Gasteiger partial charge in [0, 0.05) is 18.2 Å². The van der Waals surface area contributed by atoms with Crippen LogP contribution in [0.25, 0.3) is 0 Å². The third-order valence-corrected chi connectivity index (χ3v) is 2.47. The van der Waals surface area contributed by atoms with E-state index in [9.17, 15) is 4.39 Å². The molecule has 3 heteroatoms. The van der Waals surface area contributed by atoms with Crippen LogP contribution in [-0.2, 0) is 0 Å². The van der Waals surface area contributed by atoms with E-state index >= 15 is 0 Å². The summed E-state index contributed by atoms with van der Waals surface area (Å²) >= 11 is 0. The summed E-state index contributed by atoms with van der Waals surface area (Å²) in [6, 6.07) is 13.7.